The van der Waals surface area contributed by atoms with Crippen molar-refractivity contribution in [2.75, 3.05) is 17.2 Å². The maximum absolute atomic E-state index is 13.0. The molecule has 0 bridgehead atoms. The van der Waals surface area contributed by atoms with Crippen LogP contribution in [-0.4, -0.2) is 39.8 Å². The molecule has 1 saturated heterocycles. The number of carbonyl (C=O) groups excluding carboxylic acids is 4. The average Bonchev–Trinajstić information content (AvgIpc) is 3.35. The number of nitrogens with zero attached hydrogens (tertiary/aromatic N) is 2. The van der Waals surface area contributed by atoms with Gasteiger partial charge >= 0.3 is 6.03 Å². The second-order valence-electron chi connectivity index (χ2n) is 9.44. The summed E-state index contributed by atoms with van der Waals surface area (Å²) in [5.41, 5.74) is 4.82. The molecule has 5 amide bonds. The third-order valence-electron chi connectivity index (χ3n) is 6.30. The fraction of sp³-hybridized carbons (Fsp3) is 0.133. The average molecular weight is 522 g/mol. The molecule has 9 nitrogen and oxygen atoms in total. The van der Waals surface area contributed by atoms with Crippen LogP contribution in [-0.2, 0) is 20.9 Å². The topological polar surface area (TPSA) is 113 Å². The molecular formula is C30H27N5O4. The third kappa shape index (κ3) is 5.72. The largest absolute Gasteiger partial charge is 0.337 e. The number of para-hydroxylation sites is 1. The number of carbonyl (C=O) groups is 4. The van der Waals surface area contributed by atoms with Crippen LogP contribution in [0.5, 0.6) is 0 Å². The number of rotatable bonds is 7. The first-order chi connectivity index (χ1) is 18.8. The Hall–Kier alpha value is -5.18. The van der Waals surface area contributed by atoms with Gasteiger partial charge in [-0.1, -0.05) is 42.5 Å². The number of nitrogens with one attached hydrogen (secondary N) is 3. The van der Waals surface area contributed by atoms with Gasteiger partial charge in [0, 0.05) is 34.0 Å². The van der Waals surface area contributed by atoms with Gasteiger partial charge in [-0.05, 0) is 61.4 Å². The number of anilines is 2. The van der Waals surface area contributed by atoms with Crippen LogP contribution in [0.3, 0.4) is 0 Å². The Morgan fingerprint density at radius 1 is 0.821 bits per heavy atom. The fourth-order valence-corrected chi connectivity index (χ4v) is 4.54. The van der Waals surface area contributed by atoms with E-state index in [2.05, 4.69) is 16.0 Å². The van der Waals surface area contributed by atoms with Gasteiger partial charge in [-0.2, -0.15) is 0 Å². The highest BCUT2D eigenvalue weighted by Crippen LogP contribution is 2.25. The van der Waals surface area contributed by atoms with Crippen LogP contribution in [0, 0.1) is 13.8 Å². The van der Waals surface area contributed by atoms with Crippen LogP contribution in [0.4, 0.5) is 16.2 Å². The Morgan fingerprint density at radius 3 is 2.08 bits per heavy atom. The maximum atomic E-state index is 13.0. The second-order valence-corrected chi connectivity index (χ2v) is 9.44. The first kappa shape index (κ1) is 25.5. The first-order valence-corrected chi connectivity index (χ1v) is 12.4. The summed E-state index contributed by atoms with van der Waals surface area (Å²) in [6.45, 7) is 3.49. The summed E-state index contributed by atoms with van der Waals surface area (Å²) in [7, 11) is 0. The van der Waals surface area contributed by atoms with Crippen molar-refractivity contribution in [3.63, 3.8) is 0 Å². The van der Waals surface area contributed by atoms with Gasteiger partial charge in [0.1, 0.15) is 18.8 Å². The molecule has 1 fully saturated rings. The van der Waals surface area contributed by atoms with Crippen molar-refractivity contribution >= 4 is 52.1 Å². The van der Waals surface area contributed by atoms with E-state index >= 15 is 0 Å². The van der Waals surface area contributed by atoms with Gasteiger partial charge in [-0.3, -0.25) is 14.4 Å². The van der Waals surface area contributed by atoms with Gasteiger partial charge in [0.15, 0.2) is 0 Å². The van der Waals surface area contributed by atoms with Crippen LogP contribution >= 0.6 is 0 Å². The van der Waals surface area contributed by atoms with Gasteiger partial charge in [0.2, 0.25) is 11.8 Å². The molecule has 4 aromatic rings. The van der Waals surface area contributed by atoms with Crippen molar-refractivity contribution in [2.24, 2.45) is 0 Å². The lowest BCUT2D eigenvalue weighted by molar-refractivity contribution is -0.127. The Morgan fingerprint density at radius 2 is 1.44 bits per heavy atom. The molecule has 1 aliphatic rings. The van der Waals surface area contributed by atoms with Gasteiger partial charge in [-0.25, -0.2) is 9.69 Å². The van der Waals surface area contributed by atoms with Crippen LogP contribution in [0.25, 0.3) is 17.0 Å². The number of aromatic nitrogens is 1. The number of aryl methyl sites for hydroxylation is 2. The molecule has 1 aliphatic heterocycles. The Balaban J connectivity index is 1.33. The monoisotopic (exact) mass is 521 g/mol. The molecule has 0 atom stereocenters. The lowest BCUT2D eigenvalue weighted by atomic mass is 10.1. The molecule has 5 rings (SSSR count). The van der Waals surface area contributed by atoms with Crippen LogP contribution in [0.2, 0.25) is 0 Å². The van der Waals surface area contributed by atoms with Crippen molar-refractivity contribution in [2.45, 2.75) is 20.4 Å². The maximum Gasteiger partial charge on any atom is 0.329 e. The van der Waals surface area contributed by atoms with Crippen molar-refractivity contribution < 1.29 is 19.2 Å². The number of fused-ring (bicyclic) bond motifs is 1. The normalized spacial score (nSPS) is 14.1. The third-order valence-corrected chi connectivity index (χ3v) is 6.30. The molecule has 0 aliphatic carbocycles. The molecule has 9 heteroatoms. The zero-order valence-corrected chi connectivity index (χ0v) is 21.5. The standard InChI is InChI=1S/C30H27N5O4/c1-19-7-5-9-22(13-19)31-27(36)17-34-16-21(24-11-3-4-12-26(24)34)15-25-29(38)35(30(39)33-25)18-28(37)32-23-10-6-8-20(2)14-23/h3-16H,17-18H2,1-2H3,(H,31,36)(H,32,37)(H,33,39). The Kier molecular flexibility index (Phi) is 6.96. The lowest BCUT2D eigenvalue weighted by Crippen LogP contribution is -2.38. The van der Waals surface area contributed by atoms with Crippen molar-refractivity contribution in [1.82, 2.24) is 14.8 Å². The molecule has 3 N–H and O–H groups in total. The highest BCUT2D eigenvalue weighted by molar-refractivity contribution is 6.16. The van der Waals surface area contributed by atoms with Crippen LogP contribution in [0.15, 0.2) is 84.7 Å². The van der Waals surface area contributed by atoms with E-state index in [9.17, 15) is 19.2 Å². The first-order valence-electron chi connectivity index (χ1n) is 12.4. The number of amides is 5. The summed E-state index contributed by atoms with van der Waals surface area (Å²) < 4.78 is 1.79. The minimum absolute atomic E-state index is 0.0514. The lowest BCUT2D eigenvalue weighted by Gasteiger charge is -2.12. The van der Waals surface area contributed by atoms with Gasteiger partial charge < -0.3 is 20.5 Å². The summed E-state index contributed by atoms with van der Waals surface area (Å²) >= 11 is 0. The van der Waals surface area contributed by atoms with Gasteiger partial charge in [0.05, 0.1) is 0 Å². The molecule has 0 radical (unpaired) electrons. The SMILES string of the molecule is Cc1cccc(NC(=O)CN2C(=O)NC(=Cc3cn(CC(=O)Nc4cccc(C)c4)c4ccccc34)C2=O)c1. The summed E-state index contributed by atoms with van der Waals surface area (Å²) in [6, 6.07) is 21.6. The second kappa shape index (κ2) is 10.7. The van der Waals surface area contributed by atoms with Crippen LogP contribution in [0.1, 0.15) is 16.7 Å². The predicted molar refractivity (Wildman–Crippen MR) is 150 cm³/mol. The van der Waals surface area contributed by atoms with Crippen LogP contribution < -0.4 is 16.0 Å². The zero-order chi connectivity index (χ0) is 27.5. The molecule has 2 heterocycles. The highest BCUT2D eigenvalue weighted by atomic mass is 16.2. The Labute approximate surface area is 225 Å². The number of imide groups is 1. The van der Waals surface area contributed by atoms with E-state index in [0.29, 0.717) is 16.9 Å². The quantitative estimate of drug-likeness (QED) is 0.247. The van der Waals surface area contributed by atoms with E-state index in [0.717, 1.165) is 26.9 Å². The predicted octanol–water partition coefficient (Wildman–Crippen LogP) is 4.43. The van der Waals surface area contributed by atoms with E-state index in [1.54, 1.807) is 29.0 Å². The van der Waals surface area contributed by atoms with Gasteiger partial charge in [0.25, 0.3) is 5.91 Å². The summed E-state index contributed by atoms with van der Waals surface area (Å²) in [6.07, 6.45) is 3.33. The molecule has 0 saturated carbocycles. The number of benzene rings is 3. The smallest absolute Gasteiger partial charge is 0.329 e. The molecule has 3 aromatic carbocycles. The molecule has 0 spiro atoms. The van der Waals surface area contributed by atoms with E-state index in [1.165, 1.54) is 0 Å². The van der Waals surface area contributed by atoms with Crippen molar-refractivity contribution in [3.05, 3.63) is 101 Å². The van der Waals surface area contributed by atoms with E-state index in [4.69, 9.17) is 0 Å². The van der Waals surface area contributed by atoms with E-state index < -0.39 is 24.4 Å². The number of urea groups is 1. The minimum Gasteiger partial charge on any atom is -0.337 e. The fourth-order valence-electron chi connectivity index (χ4n) is 4.54. The van der Waals surface area contributed by atoms with E-state index in [-0.39, 0.29) is 18.1 Å². The summed E-state index contributed by atoms with van der Waals surface area (Å²) in [5, 5.41) is 8.99. The zero-order valence-electron chi connectivity index (χ0n) is 21.5. The molecule has 1 aromatic heterocycles. The summed E-state index contributed by atoms with van der Waals surface area (Å²) in [5.74, 6) is -1.29. The molecule has 0 unspecified atom stereocenters. The van der Waals surface area contributed by atoms with Crippen molar-refractivity contribution in [3.8, 4) is 0 Å². The molecule has 39 heavy (non-hydrogen) atoms. The van der Waals surface area contributed by atoms with E-state index in [1.807, 2.05) is 74.5 Å². The van der Waals surface area contributed by atoms with Gasteiger partial charge in [-0.15, -0.1) is 0 Å². The highest BCUT2D eigenvalue weighted by Gasteiger charge is 2.35. The molecular weight excluding hydrogens is 494 g/mol. The number of hydrogen-bond acceptors (Lipinski definition) is 4. The summed E-state index contributed by atoms with van der Waals surface area (Å²) in [4.78, 5) is 51.8. The number of hydrogen-bond donors (Lipinski definition) is 3. The molecule has 196 valence electrons. The van der Waals surface area contributed by atoms with Crippen molar-refractivity contribution in [1.29, 1.82) is 0 Å². The Bertz CT molecular complexity index is 1650. The minimum atomic E-state index is -0.674.